The van der Waals surface area contributed by atoms with Gasteiger partial charge in [0, 0.05) is 25.8 Å². The number of nitrogens with zero attached hydrogens (tertiary/aromatic N) is 2. The number of nitrogens with one attached hydrogen (secondary N) is 1. The summed E-state index contributed by atoms with van der Waals surface area (Å²) in [4.78, 5) is 6.39. The zero-order chi connectivity index (χ0) is 14.2. The summed E-state index contributed by atoms with van der Waals surface area (Å²) >= 11 is 0. The second-order valence-electron chi connectivity index (χ2n) is 4.80. The maximum atomic E-state index is 9.15. The molecule has 0 saturated heterocycles. The third kappa shape index (κ3) is 4.55. The van der Waals surface area contributed by atoms with Crippen LogP contribution in [0.2, 0.25) is 0 Å². The molecule has 0 radical (unpaired) electrons. The van der Waals surface area contributed by atoms with E-state index in [0.717, 1.165) is 31.7 Å². The Balaban J connectivity index is 1.63. The molecular weight excluding hydrogens is 250 g/mol. The van der Waals surface area contributed by atoms with Gasteiger partial charge in [0.1, 0.15) is 5.75 Å². The molecule has 0 atom stereocenters. The first-order valence-electron chi connectivity index (χ1n) is 6.86. The van der Waals surface area contributed by atoms with Gasteiger partial charge in [-0.1, -0.05) is 18.2 Å². The van der Waals surface area contributed by atoms with E-state index in [-0.39, 0.29) is 5.75 Å². The van der Waals surface area contributed by atoms with Crippen molar-refractivity contribution in [3.63, 3.8) is 0 Å². The molecule has 0 amide bonds. The molecule has 0 saturated carbocycles. The lowest BCUT2D eigenvalue weighted by molar-refractivity contribution is 0.471. The lowest BCUT2D eigenvalue weighted by atomic mass is 10.3. The van der Waals surface area contributed by atoms with Crippen molar-refractivity contribution in [2.45, 2.75) is 13.0 Å². The van der Waals surface area contributed by atoms with Crippen LogP contribution in [0.5, 0.6) is 5.75 Å². The van der Waals surface area contributed by atoms with Crippen LogP contribution < -0.4 is 10.2 Å². The number of rotatable bonds is 7. The fraction of sp³-hybridized carbons (Fsp3) is 0.312. The van der Waals surface area contributed by atoms with Crippen molar-refractivity contribution < 1.29 is 5.11 Å². The standard InChI is InChI=1S/C16H21N3O/c1-19(15-6-3-2-4-7-15)11-5-10-17-12-14-8-9-16(20)13-18-14/h2-4,6-9,13,17,20H,5,10-12H2,1H3. The van der Waals surface area contributed by atoms with Gasteiger partial charge >= 0.3 is 0 Å². The Kier molecular flexibility index (Phi) is 5.38. The summed E-state index contributed by atoms with van der Waals surface area (Å²) in [6.07, 6.45) is 2.55. The predicted molar refractivity (Wildman–Crippen MR) is 81.9 cm³/mol. The average molecular weight is 271 g/mol. The third-order valence-electron chi connectivity index (χ3n) is 3.16. The number of hydrogen-bond donors (Lipinski definition) is 2. The molecule has 0 aliphatic rings. The summed E-state index contributed by atoms with van der Waals surface area (Å²) in [6, 6.07) is 13.9. The highest BCUT2D eigenvalue weighted by Gasteiger charge is 1.99. The van der Waals surface area contributed by atoms with E-state index in [1.807, 2.05) is 12.1 Å². The molecule has 4 nitrogen and oxygen atoms in total. The molecule has 2 aromatic rings. The molecule has 0 unspecified atom stereocenters. The Hall–Kier alpha value is -2.07. The van der Waals surface area contributed by atoms with Crippen molar-refractivity contribution >= 4 is 5.69 Å². The van der Waals surface area contributed by atoms with E-state index in [0.29, 0.717) is 0 Å². The Morgan fingerprint density at radius 3 is 2.65 bits per heavy atom. The fourth-order valence-electron chi connectivity index (χ4n) is 1.99. The van der Waals surface area contributed by atoms with Crippen LogP contribution >= 0.6 is 0 Å². The quantitative estimate of drug-likeness (QED) is 0.759. The van der Waals surface area contributed by atoms with Gasteiger partial charge in [0.25, 0.3) is 0 Å². The maximum absolute atomic E-state index is 9.15. The van der Waals surface area contributed by atoms with Gasteiger partial charge in [-0.15, -0.1) is 0 Å². The molecule has 0 aliphatic heterocycles. The highest BCUT2D eigenvalue weighted by atomic mass is 16.3. The van der Waals surface area contributed by atoms with Gasteiger partial charge in [0.2, 0.25) is 0 Å². The van der Waals surface area contributed by atoms with Crippen LogP contribution in [0, 0.1) is 0 Å². The summed E-state index contributed by atoms with van der Waals surface area (Å²) in [7, 11) is 2.11. The number of aromatic hydroxyl groups is 1. The molecule has 20 heavy (non-hydrogen) atoms. The molecule has 2 rings (SSSR count). The van der Waals surface area contributed by atoms with E-state index in [1.165, 1.54) is 11.9 Å². The molecule has 0 aliphatic carbocycles. The second kappa shape index (κ2) is 7.50. The minimum absolute atomic E-state index is 0.207. The van der Waals surface area contributed by atoms with Crippen LogP contribution in [0.25, 0.3) is 0 Å². The van der Waals surface area contributed by atoms with Crippen molar-refractivity contribution in [1.29, 1.82) is 0 Å². The molecule has 2 N–H and O–H groups in total. The molecule has 0 spiro atoms. The summed E-state index contributed by atoms with van der Waals surface area (Å²) in [5.74, 6) is 0.207. The van der Waals surface area contributed by atoms with E-state index < -0.39 is 0 Å². The number of benzene rings is 1. The Labute approximate surface area is 120 Å². The Morgan fingerprint density at radius 1 is 1.15 bits per heavy atom. The van der Waals surface area contributed by atoms with E-state index in [1.54, 1.807) is 6.07 Å². The molecule has 106 valence electrons. The number of pyridine rings is 1. The van der Waals surface area contributed by atoms with Gasteiger partial charge in [-0.25, -0.2) is 0 Å². The van der Waals surface area contributed by atoms with Crippen molar-refractivity contribution in [1.82, 2.24) is 10.3 Å². The van der Waals surface area contributed by atoms with Gasteiger partial charge in [0.15, 0.2) is 0 Å². The first-order chi connectivity index (χ1) is 9.75. The van der Waals surface area contributed by atoms with Gasteiger partial charge in [-0.05, 0) is 37.2 Å². The highest BCUT2D eigenvalue weighted by Crippen LogP contribution is 2.10. The molecule has 0 fully saturated rings. The van der Waals surface area contributed by atoms with E-state index in [4.69, 9.17) is 5.11 Å². The second-order valence-corrected chi connectivity index (χ2v) is 4.80. The molecule has 1 aromatic heterocycles. The topological polar surface area (TPSA) is 48.4 Å². The lowest BCUT2D eigenvalue weighted by Gasteiger charge is -2.19. The summed E-state index contributed by atoms with van der Waals surface area (Å²) in [5.41, 5.74) is 2.19. The normalized spacial score (nSPS) is 10.4. The van der Waals surface area contributed by atoms with Gasteiger partial charge < -0.3 is 15.3 Å². The molecule has 1 aromatic carbocycles. The smallest absolute Gasteiger partial charge is 0.133 e. The Bertz CT molecular complexity index is 499. The molecule has 0 bridgehead atoms. The van der Waals surface area contributed by atoms with E-state index >= 15 is 0 Å². The van der Waals surface area contributed by atoms with Crippen LogP contribution in [0.3, 0.4) is 0 Å². The van der Waals surface area contributed by atoms with Crippen molar-refractivity contribution in [2.75, 3.05) is 25.0 Å². The third-order valence-corrected chi connectivity index (χ3v) is 3.16. The van der Waals surface area contributed by atoms with Crippen LogP contribution in [0.4, 0.5) is 5.69 Å². The fourth-order valence-corrected chi connectivity index (χ4v) is 1.99. The number of aromatic nitrogens is 1. The molecular formula is C16H21N3O. The first kappa shape index (κ1) is 14.3. The minimum Gasteiger partial charge on any atom is -0.506 e. The summed E-state index contributed by atoms with van der Waals surface area (Å²) < 4.78 is 0. The van der Waals surface area contributed by atoms with Gasteiger partial charge in [-0.2, -0.15) is 0 Å². The maximum Gasteiger partial charge on any atom is 0.133 e. The average Bonchev–Trinajstić information content (AvgIpc) is 2.49. The number of hydrogen-bond acceptors (Lipinski definition) is 4. The first-order valence-corrected chi connectivity index (χ1v) is 6.86. The van der Waals surface area contributed by atoms with Crippen molar-refractivity contribution in [3.8, 4) is 5.75 Å². The molecule has 1 heterocycles. The van der Waals surface area contributed by atoms with Crippen LogP contribution in [-0.2, 0) is 6.54 Å². The van der Waals surface area contributed by atoms with Gasteiger partial charge in [-0.3, -0.25) is 4.98 Å². The summed E-state index contributed by atoms with van der Waals surface area (Å²) in [6.45, 7) is 2.69. The monoisotopic (exact) mass is 271 g/mol. The van der Waals surface area contributed by atoms with Crippen molar-refractivity contribution in [2.24, 2.45) is 0 Å². The van der Waals surface area contributed by atoms with Crippen LogP contribution in [0.15, 0.2) is 48.7 Å². The van der Waals surface area contributed by atoms with E-state index in [2.05, 4.69) is 46.5 Å². The lowest BCUT2D eigenvalue weighted by Crippen LogP contribution is -2.23. The largest absolute Gasteiger partial charge is 0.506 e. The number of anilines is 1. The zero-order valence-electron chi connectivity index (χ0n) is 11.8. The van der Waals surface area contributed by atoms with Crippen LogP contribution in [0.1, 0.15) is 12.1 Å². The number of para-hydroxylation sites is 1. The predicted octanol–water partition coefficient (Wildman–Crippen LogP) is 2.40. The van der Waals surface area contributed by atoms with Crippen LogP contribution in [-0.4, -0.2) is 30.2 Å². The summed E-state index contributed by atoms with van der Waals surface area (Å²) in [5, 5.41) is 12.5. The van der Waals surface area contributed by atoms with E-state index in [9.17, 15) is 0 Å². The van der Waals surface area contributed by atoms with Crippen molar-refractivity contribution in [3.05, 3.63) is 54.4 Å². The van der Waals surface area contributed by atoms with Gasteiger partial charge in [0.05, 0.1) is 11.9 Å². The molecule has 4 heteroatoms. The highest BCUT2D eigenvalue weighted by molar-refractivity contribution is 5.44. The Morgan fingerprint density at radius 2 is 1.95 bits per heavy atom. The SMILES string of the molecule is CN(CCCNCc1ccc(O)cn1)c1ccccc1. The minimum atomic E-state index is 0.207. The zero-order valence-corrected chi connectivity index (χ0v) is 11.8.